The summed E-state index contributed by atoms with van der Waals surface area (Å²) >= 11 is 1.65. The smallest absolute Gasteiger partial charge is 0.326 e. The van der Waals surface area contributed by atoms with E-state index >= 15 is 0 Å². The molecule has 20 heavy (non-hydrogen) atoms. The molecule has 0 aliphatic rings. The molecule has 0 aromatic carbocycles. The van der Waals surface area contributed by atoms with Crippen LogP contribution >= 0.6 is 11.3 Å². The summed E-state index contributed by atoms with van der Waals surface area (Å²) in [6.45, 7) is 7.82. The molecule has 0 radical (unpaired) electrons. The second kappa shape index (κ2) is 6.74. The molecule has 1 heterocycles. The van der Waals surface area contributed by atoms with Crippen molar-refractivity contribution in [3.8, 4) is 0 Å². The summed E-state index contributed by atoms with van der Waals surface area (Å²) < 4.78 is 0. The van der Waals surface area contributed by atoms with Crippen LogP contribution in [0.5, 0.6) is 0 Å². The van der Waals surface area contributed by atoms with E-state index in [9.17, 15) is 9.59 Å². The zero-order chi connectivity index (χ0) is 15.3. The fourth-order valence-corrected chi connectivity index (χ4v) is 2.60. The summed E-state index contributed by atoms with van der Waals surface area (Å²) in [5.41, 5.74) is -0.540. The van der Waals surface area contributed by atoms with Gasteiger partial charge in [0.05, 0.1) is 6.54 Å². The van der Waals surface area contributed by atoms with Gasteiger partial charge in [0, 0.05) is 9.75 Å². The number of aliphatic carboxylic acids is 1. The van der Waals surface area contributed by atoms with Gasteiger partial charge in [-0.25, -0.2) is 9.59 Å². The lowest BCUT2D eigenvalue weighted by atomic mass is 9.87. The van der Waals surface area contributed by atoms with Crippen molar-refractivity contribution in [2.24, 2.45) is 5.41 Å². The van der Waals surface area contributed by atoms with Gasteiger partial charge in [-0.05, 0) is 24.0 Å². The number of hydrogen-bond acceptors (Lipinski definition) is 3. The fourth-order valence-electron chi connectivity index (χ4n) is 1.71. The molecule has 0 aliphatic carbocycles. The molecule has 1 rings (SSSR count). The minimum absolute atomic E-state index is 0.410. The van der Waals surface area contributed by atoms with Crippen molar-refractivity contribution >= 4 is 23.3 Å². The molecule has 1 aromatic rings. The van der Waals surface area contributed by atoms with Crippen molar-refractivity contribution in [3.63, 3.8) is 0 Å². The lowest BCUT2D eigenvalue weighted by molar-refractivity contribution is -0.141. The number of hydrogen-bond donors (Lipinski definition) is 3. The number of rotatable bonds is 5. The van der Waals surface area contributed by atoms with Crippen molar-refractivity contribution in [2.45, 2.75) is 46.7 Å². The number of urea groups is 1. The van der Waals surface area contributed by atoms with Gasteiger partial charge in [-0.2, -0.15) is 0 Å². The van der Waals surface area contributed by atoms with Crippen LogP contribution in [-0.2, 0) is 17.8 Å². The Morgan fingerprint density at radius 2 is 1.90 bits per heavy atom. The first-order valence-corrected chi connectivity index (χ1v) is 7.40. The Labute approximate surface area is 123 Å². The predicted octanol–water partition coefficient (Wildman–Crippen LogP) is 2.61. The van der Waals surface area contributed by atoms with E-state index in [0.29, 0.717) is 6.54 Å². The van der Waals surface area contributed by atoms with Crippen molar-refractivity contribution in [3.05, 3.63) is 21.9 Å². The molecule has 1 aromatic heterocycles. The zero-order valence-corrected chi connectivity index (χ0v) is 13.1. The normalized spacial score (nSPS) is 12.8. The van der Waals surface area contributed by atoms with Crippen LogP contribution in [-0.4, -0.2) is 23.1 Å². The highest BCUT2D eigenvalue weighted by Crippen LogP contribution is 2.19. The Morgan fingerprint density at radius 3 is 2.35 bits per heavy atom. The van der Waals surface area contributed by atoms with Crippen molar-refractivity contribution in [2.75, 3.05) is 0 Å². The number of amides is 2. The first-order chi connectivity index (χ1) is 9.24. The lowest BCUT2D eigenvalue weighted by Gasteiger charge is -2.27. The number of carboxylic acid groups (broad SMARTS) is 1. The van der Waals surface area contributed by atoms with Crippen LogP contribution in [0.15, 0.2) is 12.1 Å². The molecule has 112 valence electrons. The molecule has 2 amide bonds. The molecule has 0 fully saturated rings. The summed E-state index contributed by atoms with van der Waals surface area (Å²) in [6.07, 6.45) is 0.974. The van der Waals surface area contributed by atoms with Crippen LogP contribution in [0.2, 0.25) is 0 Å². The Morgan fingerprint density at radius 1 is 1.30 bits per heavy atom. The highest BCUT2D eigenvalue weighted by Gasteiger charge is 2.32. The summed E-state index contributed by atoms with van der Waals surface area (Å²) in [5.74, 6) is -1.03. The summed E-state index contributed by atoms with van der Waals surface area (Å²) in [5, 5.41) is 14.3. The molecule has 6 heteroatoms. The second-order valence-electron chi connectivity index (χ2n) is 5.69. The summed E-state index contributed by atoms with van der Waals surface area (Å²) in [7, 11) is 0. The number of nitrogens with one attached hydrogen (secondary N) is 2. The average molecular weight is 298 g/mol. The largest absolute Gasteiger partial charge is 0.480 e. The maximum atomic E-state index is 11.8. The van der Waals surface area contributed by atoms with E-state index in [-0.39, 0.29) is 0 Å². The number of aryl methyl sites for hydroxylation is 1. The Kier molecular flexibility index (Phi) is 5.56. The van der Waals surface area contributed by atoms with E-state index in [1.165, 1.54) is 4.88 Å². The number of carboxylic acids is 1. The van der Waals surface area contributed by atoms with E-state index in [4.69, 9.17) is 5.11 Å². The standard InChI is InChI=1S/C14H22N2O3S/c1-5-9-6-7-10(20-9)8-15-13(19)16-11(12(17)18)14(2,3)4/h6-7,11H,5,8H2,1-4H3,(H,17,18)(H2,15,16,19)/t11-/m0/s1. The third kappa shape index (κ3) is 4.85. The van der Waals surface area contributed by atoms with Crippen LogP contribution in [0.25, 0.3) is 0 Å². The summed E-state index contributed by atoms with van der Waals surface area (Å²) in [6, 6.07) is 2.63. The molecule has 0 spiro atoms. The monoisotopic (exact) mass is 298 g/mol. The fraction of sp³-hybridized carbons (Fsp3) is 0.571. The van der Waals surface area contributed by atoms with Gasteiger partial charge in [0.1, 0.15) is 6.04 Å². The number of carbonyl (C=O) groups excluding carboxylic acids is 1. The Hall–Kier alpha value is -1.56. The second-order valence-corrected chi connectivity index (χ2v) is 6.94. The van der Waals surface area contributed by atoms with Crippen LogP contribution in [0, 0.1) is 5.41 Å². The minimum atomic E-state index is -1.03. The van der Waals surface area contributed by atoms with E-state index in [0.717, 1.165) is 11.3 Å². The van der Waals surface area contributed by atoms with E-state index in [1.54, 1.807) is 32.1 Å². The third-order valence-corrected chi connectivity index (χ3v) is 4.11. The quantitative estimate of drug-likeness (QED) is 0.782. The van der Waals surface area contributed by atoms with Crippen molar-refractivity contribution in [1.82, 2.24) is 10.6 Å². The number of carbonyl (C=O) groups is 2. The van der Waals surface area contributed by atoms with E-state index < -0.39 is 23.5 Å². The lowest BCUT2D eigenvalue weighted by Crippen LogP contribution is -2.52. The van der Waals surface area contributed by atoms with Gasteiger partial charge < -0.3 is 15.7 Å². The van der Waals surface area contributed by atoms with E-state index in [1.807, 2.05) is 12.1 Å². The van der Waals surface area contributed by atoms with Gasteiger partial charge in [-0.1, -0.05) is 27.7 Å². The zero-order valence-electron chi connectivity index (χ0n) is 12.3. The van der Waals surface area contributed by atoms with Gasteiger partial charge >= 0.3 is 12.0 Å². The molecule has 0 unspecified atom stereocenters. The molecule has 0 saturated heterocycles. The van der Waals surface area contributed by atoms with Crippen LogP contribution < -0.4 is 10.6 Å². The highest BCUT2D eigenvalue weighted by molar-refractivity contribution is 7.11. The topological polar surface area (TPSA) is 78.4 Å². The Bertz CT molecular complexity index is 477. The van der Waals surface area contributed by atoms with Gasteiger partial charge in [0.2, 0.25) is 0 Å². The van der Waals surface area contributed by atoms with Gasteiger partial charge in [0.15, 0.2) is 0 Å². The van der Waals surface area contributed by atoms with Crippen molar-refractivity contribution in [1.29, 1.82) is 0 Å². The van der Waals surface area contributed by atoms with Gasteiger partial charge in [-0.3, -0.25) is 0 Å². The maximum absolute atomic E-state index is 11.8. The molecule has 5 nitrogen and oxygen atoms in total. The SMILES string of the molecule is CCc1ccc(CNC(=O)N[C@@H](C(=O)O)C(C)(C)C)s1. The molecule has 0 saturated carbocycles. The maximum Gasteiger partial charge on any atom is 0.326 e. The first kappa shape index (κ1) is 16.5. The molecular weight excluding hydrogens is 276 g/mol. The summed E-state index contributed by atoms with van der Waals surface area (Å²) in [4.78, 5) is 25.3. The average Bonchev–Trinajstić information content (AvgIpc) is 2.79. The van der Waals surface area contributed by atoms with Crippen LogP contribution in [0.3, 0.4) is 0 Å². The highest BCUT2D eigenvalue weighted by atomic mass is 32.1. The predicted molar refractivity (Wildman–Crippen MR) is 79.9 cm³/mol. The van der Waals surface area contributed by atoms with Gasteiger partial charge in [0.25, 0.3) is 0 Å². The molecule has 0 aliphatic heterocycles. The molecule has 0 bridgehead atoms. The molecular formula is C14H22N2O3S. The molecule has 1 atom stereocenters. The van der Waals surface area contributed by atoms with Crippen LogP contribution in [0.4, 0.5) is 4.79 Å². The van der Waals surface area contributed by atoms with Crippen molar-refractivity contribution < 1.29 is 14.7 Å². The Balaban J connectivity index is 2.52. The van der Waals surface area contributed by atoms with Crippen LogP contribution in [0.1, 0.15) is 37.4 Å². The van der Waals surface area contributed by atoms with E-state index in [2.05, 4.69) is 17.6 Å². The molecule has 3 N–H and O–H groups in total. The first-order valence-electron chi connectivity index (χ1n) is 6.58. The number of thiophene rings is 1. The minimum Gasteiger partial charge on any atom is -0.480 e. The van der Waals surface area contributed by atoms with Gasteiger partial charge in [-0.15, -0.1) is 11.3 Å². The third-order valence-electron chi connectivity index (χ3n) is 2.88.